The molecule has 4 heteroatoms. The maximum atomic E-state index is 9.91. The van der Waals surface area contributed by atoms with Crippen LogP contribution in [0.15, 0.2) is 30.3 Å². The van der Waals surface area contributed by atoms with Crippen LogP contribution in [0.1, 0.15) is 25.7 Å². The summed E-state index contributed by atoms with van der Waals surface area (Å²) in [5, 5.41) is 11.2. The summed E-state index contributed by atoms with van der Waals surface area (Å²) in [5.74, 6) is 9.56. The van der Waals surface area contributed by atoms with Gasteiger partial charge in [0.25, 0.3) is 0 Å². The van der Waals surface area contributed by atoms with Crippen LogP contribution >= 0.6 is 11.8 Å². The zero-order chi connectivity index (χ0) is 17.7. The van der Waals surface area contributed by atoms with E-state index in [-0.39, 0.29) is 0 Å². The van der Waals surface area contributed by atoms with Gasteiger partial charge in [0, 0.05) is 13.0 Å². The Morgan fingerprint density at radius 1 is 1.12 bits per heavy atom. The Morgan fingerprint density at radius 3 is 2.58 bits per heavy atom. The molecule has 0 fully saturated rings. The highest BCUT2D eigenvalue weighted by molar-refractivity contribution is 7.98. The molecule has 1 aromatic rings. The Morgan fingerprint density at radius 2 is 1.88 bits per heavy atom. The largest absolute Gasteiger partial charge is 0.371 e. The fourth-order valence-electron chi connectivity index (χ4n) is 2.12. The van der Waals surface area contributed by atoms with Crippen molar-refractivity contribution in [1.82, 2.24) is 0 Å². The number of unbranched alkanes of at least 4 members (excludes halogenated alkanes) is 3. The lowest BCUT2D eigenvalue weighted by atomic mass is 10.2. The van der Waals surface area contributed by atoms with E-state index in [2.05, 4.69) is 48.5 Å². The van der Waals surface area contributed by atoms with Crippen molar-refractivity contribution in [2.45, 2.75) is 44.9 Å². The van der Waals surface area contributed by atoms with E-state index < -0.39 is 14.2 Å². The van der Waals surface area contributed by atoms with Crippen LogP contribution in [0.2, 0.25) is 13.1 Å². The van der Waals surface area contributed by atoms with Gasteiger partial charge in [-0.2, -0.15) is 0 Å². The van der Waals surface area contributed by atoms with E-state index in [1.165, 1.54) is 5.19 Å². The van der Waals surface area contributed by atoms with Crippen molar-refractivity contribution < 1.29 is 9.84 Å². The first kappa shape index (κ1) is 20.9. The maximum Gasteiger partial charge on any atom is 0.175 e. The molecule has 24 heavy (non-hydrogen) atoms. The van der Waals surface area contributed by atoms with Crippen LogP contribution in [0, 0.1) is 23.3 Å². The molecule has 0 aliphatic heterocycles. The van der Waals surface area contributed by atoms with Gasteiger partial charge in [-0.25, -0.2) is 0 Å². The third-order valence-corrected chi connectivity index (χ3v) is 6.50. The minimum Gasteiger partial charge on any atom is -0.371 e. The molecule has 1 unspecified atom stereocenters. The molecule has 0 saturated carbocycles. The molecule has 1 N–H and O–H groups in total. The van der Waals surface area contributed by atoms with E-state index in [1.54, 1.807) is 11.8 Å². The SMILES string of the molecule is CSCOCCCCCC#CC(O)C#C[Si](C)(C)c1ccccc1. The number of ether oxygens (including phenoxy) is 1. The Balaban J connectivity index is 2.31. The van der Waals surface area contributed by atoms with Crippen molar-refractivity contribution in [3.8, 4) is 23.3 Å². The number of aliphatic hydroxyl groups is 1. The van der Waals surface area contributed by atoms with Gasteiger partial charge in [-0.1, -0.05) is 67.6 Å². The third-order valence-electron chi connectivity index (χ3n) is 3.55. The van der Waals surface area contributed by atoms with Crippen molar-refractivity contribution in [2.24, 2.45) is 0 Å². The van der Waals surface area contributed by atoms with Gasteiger partial charge in [0.15, 0.2) is 14.2 Å². The number of aliphatic hydroxyl groups excluding tert-OH is 1. The topological polar surface area (TPSA) is 29.5 Å². The molecule has 0 aliphatic carbocycles. The normalized spacial score (nSPS) is 11.8. The summed E-state index contributed by atoms with van der Waals surface area (Å²) < 4.78 is 5.40. The first-order valence-electron chi connectivity index (χ1n) is 8.37. The smallest absolute Gasteiger partial charge is 0.175 e. The molecular weight excluding hydrogens is 332 g/mol. The van der Waals surface area contributed by atoms with Crippen LogP contribution in [-0.2, 0) is 4.74 Å². The molecule has 0 radical (unpaired) electrons. The molecular formula is C20H28O2SSi. The number of benzene rings is 1. The van der Waals surface area contributed by atoms with E-state index in [9.17, 15) is 5.11 Å². The molecule has 0 saturated heterocycles. The van der Waals surface area contributed by atoms with E-state index in [1.807, 2.05) is 24.5 Å². The molecule has 1 rings (SSSR count). The van der Waals surface area contributed by atoms with E-state index >= 15 is 0 Å². The van der Waals surface area contributed by atoms with Crippen molar-refractivity contribution in [3.05, 3.63) is 30.3 Å². The second kappa shape index (κ2) is 12.2. The quantitative estimate of drug-likeness (QED) is 0.333. The summed E-state index contributed by atoms with van der Waals surface area (Å²) in [5.41, 5.74) is 3.27. The van der Waals surface area contributed by atoms with Crippen LogP contribution in [0.25, 0.3) is 0 Å². The van der Waals surface area contributed by atoms with Gasteiger partial charge in [-0.15, -0.1) is 17.3 Å². The van der Waals surface area contributed by atoms with E-state index in [0.29, 0.717) is 0 Å². The van der Waals surface area contributed by atoms with Crippen LogP contribution in [0.5, 0.6) is 0 Å². The lowest BCUT2D eigenvalue weighted by Gasteiger charge is -2.14. The first-order chi connectivity index (χ1) is 11.6. The van der Waals surface area contributed by atoms with Crippen LogP contribution < -0.4 is 5.19 Å². The molecule has 0 amide bonds. The van der Waals surface area contributed by atoms with Crippen LogP contribution in [0.4, 0.5) is 0 Å². The highest BCUT2D eigenvalue weighted by atomic mass is 32.2. The predicted molar refractivity (Wildman–Crippen MR) is 108 cm³/mol. The molecule has 0 bridgehead atoms. The van der Waals surface area contributed by atoms with Crippen molar-refractivity contribution >= 4 is 25.0 Å². The summed E-state index contributed by atoms with van der Waals surface area (Å²) in [7, 11) is -1.82. The molecule has 0 aliphatic rings. The molecule has 130 valence electrons. The zero-order valence-electron chi connectivity index (χ0n) is 15.0. The van der Waals surface area contributed by atoms with Gasteiger partial charge >= 0.3 is 0 Å². The van der Waals surface area contributed by atoms with E-state index in [4.69, 9.17) is 4.74 Å². The fraction of sp³-hybridized carbons (Fsp3) is 0.500. The number of thioether (sulfide) groups is 1. The van der Waals surface area contributed by atoms with Gasteiger partial charge < -0.3 is 9.84 Å². The average Bonchev–Trinajstić information content (AvgIpc) is 2.59. The third kappa shape index (κ3) is 9.20. The number of hydrogen-bond acceptors (Lipinski definition) is 3. The lowest BCUT2D eigenvalue weighted by Crippen LogP contribution is -2.40. The van der Waals surface area contributed by atoms with Gasteiger partial charge in [0.1, 0.15) is 0 Å². The molecule has 1 aromatic carbocycles. The summed E-state index contributed by atoms with van der Waals surface area (Å²) in [6.45, 7) is 5.20. The summed E-state index contributed by atoms with van der Waals surface area (Å²) in [6, 6.07) is 10.3. The highest BCUT2D eigenvalue weighted by Crippen LogP contribution is 2.02. The maximum absolute atomic E-state index is 9.91. The fourth-order valence-corrected chi connectivity index (χ4v) is 4.07. The average molecular weight is 361 g/mol. The molecule has 2 nitrogen and oxygen atoms in total. The minimum atomic E-state index is -1.82. The van der Waals surface area contributed by atoms with Gasteiger partial charge in [0.2, 0.25) is 0 Å². The Hall–Kier alpha value is -1.17. The van der Waals surface area contributed by atoms with Gasteiger partial charge in [-0.3, -0.25) is 0 Å². The standard InChI is InChI=1S/C20H28O2SSi/c1-23-18-22-16-11-6-4-5-8-12-19(21)15-17-24(2,3)20-13-9-7-10-14-20/h7,9-10,13-14,19,21H,4-6,11,16,18H2,1-3H3. The second-order valence-corrected chi connectivity index (χ2v) is 11.0. The molecule has 0 aromatic heterocycles. The Kier molecular flexibility index (Phi) is 10.6. The highest BCUT2D eigenvalue weighted by Gasteiger charge is 2.20. The monoisotopic (exact) mass is 360 g/mol. The molecule has 0 heterocycles. The van der Waals surface area contributed by atoms with Gasteiger partial charge in [0.05, 0.1) is 5.94 Å². The second-order valence-electron chi connectivity index (χ2n) is 6.11. The lowest BCUT2D eigenvalue weighted by molar-refractivity contribution is 0.177. The number of rotatable bonds is 8. The Labute approximate surface area is 152 Å². The van der Waals surface area contributed by atoms with Crippen molar-refractivity contribution in [3.63, 3.8) is 0 Å². The minimum absolute atomic E-state index is 0.771. The summed E-state index contributed by atoms with van der Waals surface area (Å²) in [6.07, 6.45) is 5.22. The molecule has 1 atom stereocenters. The molecule has 0 spiro atoms. The van der Waals surface area contributed by atoms with E-state index in [0.717, 1.165) is 38.2 Å². The van der Waals surface area contributed by atoms with Crippen molar-refractivity contribution in [1.29, 1.82) is 0 Å². The predicted octanol–water partition coefficient (Wildman–Crippen LogP) is 3.41. The summed E-state index contributed by atoms with van der Waals surface area (Å²) >= 11 is 1.70. The number of hydrogen-bond donors (Lipinski definition) is 1. The van der Waals surface area contributed by atoms with Crippen molar-refractivity contribution in [2.75, 3.05) is 18.8 Å². The first-order valence-corrected chi connectivity index (χ1v) is 12.8. The zero-order valence-corrected chi connectivity index (χ0v) is 16.8. The summed E-state index contributed by atoms with van der Waals surface area (Å²) in [4.78, 5) is 0. The van der Waals surface area contributed by atoms with Crippen LogP contribution in [0.3, 0.4) is 0 Å². The Bertz CT molecular complexity index is 578. The van der Waals surface area contributed by atoms with Gasteiger partial charge in [-0.05, 0) is 24.3 Å². The van der Waals surface area contributed by atoms with Crippen LogP contribution in [-0.4, -0.2) is 38.1 Å².